The summed E-state index contributed by atoms with van der Waals surface area (Å²) in [6.07, 6.45) is 1.70. The predicted octanol–water partition coefficient (Wildman–Crippen LogP) is 4.26. The molecule has 0 saturated carbocycles. The molecule has 1 N–H and O–H groups in total. The van der Waals surface area contributed by atoms with Crippen LogP contribution in [0.25, 0.3) is 0 Å². The van der Waals surface area contributed by atoms with Crippen LogP contribution in [-0.4, -0.2) is 6.54 Å². The third kappa shape index (κ3) is 4.58. The van der Waals surface area contributed by atoms with Crippen molar-refractivity contribution in [2.24, 2.45) is 5.92 Å². The summed E-state index contributed by atoms with van der Waals surface area (Å²) >= 11 is 5.93. The van der Waals surface area contributed by atoms with Gasteiger partial charge in [-0.3, -0.25) is 0 Å². The summed E-state index contributed by atoms with van der Waals surface area (Å²) in [7, 11) is 0. The molecule has 2 aromatic rings. The van der Waals surface area contributed by atoms with Crippen molar-refractivity contribution in [3.8, 4) is 5.75 Å². The molecular formula is C16H20ClNO2. The monoisotopic (exact) mass is 293 g/mol. The van der Waals surface area contributed by atoms with Crippen LogP contribution in [-0.2, 0) is 13.2 Å². The van der Waals surface area contributed by atoms with E-state index in [2.05, 4.69) is 19.2 Å². The van der Waals surface area contributed by atoms with Crippen LogP contribution in [0.4, 0.5) is 0 Å². The number of benzene rings is 1. The lowest BCUT2D eigenvalue weighted by Gasteiger charge is -2.09. The summed E-state index contributed by atoms with van der Waals surface area (Å²) in [5.41, 5.74) is 1.06. The van der Waals surface area contributed by atoms with E-state index in [4.69, 9.17) is 20.8 Å². The lowest BCUT2D eigenvalue weighted by molar-refractivity contribution is 0.301. The van der Waals surface area contributed by atoms with Gasteiger partial charge in [0.1, 0.15) is 18.1 Å². The molecule has 0 saturated heterocycles. The van der Waals surface area contributed by atoms with E-state index in [1.54, 1.807) is 12.3 Å². The normalized spacial score (nSPS) is 11.0. The molecule has 1 aromatic carbocycles. The number of hydrogen-bond donors (Lipinski definition) is 1. The molecule has 0 atom stereocenters. The molecule has 0 aliphatic heterocycles. The molecule has 1 heterocycles. The lowest BCUT2D eigenvalue weighted by Crippen LogP contribution is -2.19. The zero-order valence-corrected chi connectivity index (χ0v) is 12.6. The van der Waals surface area contributed by atoms with Gasteiger partial charge in [-0.1, -0.05) is 31.5 Å². The molecule has 20 heavy (non-hydrogen) atoms. The Labute approximate surface area is 124 Å². The number of rotatable bonds is 7. The first kappa shape index (κ1) is 14.9. The Morgan fingerprint density at radius 1 is 1.30 bits per heavy atom. The van der Waals surface area contributed by atoms with Gasteiger partial charge in [-0.2, -0.15) is 0 Å². The van der Waals surface area contributed by atoms with Crippen LogP contribution in [0.15, 0.2) is 41.0 Å². The van der Waals surface area contributed by atoms with Crippen molar-refractivity contribution in [2.75, 3.05) is 6.54 Å². The minimum absolute atomic E-state index is 0.482. The van der Waals surface area contributed by atoms with Crippen molar-refractivity contribution in [3.63, 3.8) is 0 Å². The largest absolute Gasteiger partial charge is 0.489 e. The van der Waals surface area contributed by atoms with E-state index in [1.165, 1.54) is 0 Å². The average Bonchev–Trinajstić information content (AvgIpc) is 2.84. The lowest BCUT2D eigenvalue weighted by atomic mass is 10.2. The molecule has 0 aliphatic carbocycles. The molecule has 0 amide bonds. The first-order valence-electron chi connectivity index (χ1n) is 6.79. The van der Waals surface area contributed by atoms with Gasteiger partial charge < -0.3 is 14.5 Å². The maximum Gasteiger partial charge on any atom is 0.124 e. The van der Waals surface area contributed by atoms with Crippen molar-refractivity contribution < 1.29 is 9.15 Å². The van der Waals surface area contributed by atoms with Crippen molar-refractivity contribution in [1.82, 2.24) is 5.32 Å². The quantitative estimate of drug-likeness (QED) is 0.828. The van der Waals surface area contributed by atoms with Crippen LogP contribution in [0.5, 0.6) is 5.75 Å². The smallest absolute Gasteiger partial charge is 0.124 e. The van der Waals surface area contributed by atoms with Gasteiger partial charge in [-0.05, 0) is 36.7 Å². The number of halogens is 1. The molecule has 0 fully saturated rings. The fourth-order valence-corrected chi connectivity index (χ4v) is 2.02. The Bertz CT molecular complexity index is 537. The number of furan rings is 1. The standard InChI is InChI=1S/C16H20ClNO2/c1-12(2)9-18-10-16-13(6-7-19-16)11-20-15-5-3-4-14(17)8-15/h3-8,12,18H,9-11H2,1-2H3. The minimum atomic E-state index is 0.482. The highest BCUT2D eigenvalue weighted by Crippen LogP contribution is 2.19. The van der Waals surface area contributed by atoms with E-state index in [9.17, 15) is 0 Å². The van der Waals surface area contributed by atoms with Gasteiger partial charge >= 0.3 is 0 Å². The second-order valence-corrected chi connectivity index (χ2v) is 5.58. The van der Waals surface area contributed by atoms with Gasteiger partial charge in [0.05, 0.1) is 12.8 Å². The number of hydrogen-bond acceptors (Lipinski definition) is 3. The number of nitrogens with one attached hydrogen (secondary N) is 1. The summed E-state index contributed by atoms with van der Waals surface area (Å²) in [4.78, 5) is 0. The van der Waals surface area contributed by atoms with Crippen LogP contribution >= 0.6 is 11.6 Å². The topological polar surface area (TPSA) is 34.4 Å². The van der Waals surface area contributed by atoms with E-state index in [1.807, 2.05) is 24.3 Å². The molecule has 2 rings (SSSR count). The Morgan fingerprint density at radius 3 is 2.90 bits per heavy atom. The molecule has 0 unspecified atom stereocenters. The fourth-order valence-electron chi connectivity index (χ4n) is 1.84. The van der Waals surface area contributed by atoms with Gasteiger partial charge in [0.25, 0.3) is 0 Å². The Hall–Kier alpha value is -1.45. The Morgan fingerprint density at radius 2 is 2.15 bits per heavy atom. The molecule has 4 heteroatoms. The number of ether oxygens (including phenoxy) is 1. The molecule has 0 spiro atoms. The van der Waals surface area contributed by atoms with E-state index >= 15 is 0 Å². The van der Waals surface area contributed by atoms with Crippen molar-refractivity contribution >= 4 is 11.6 Å². The fraction of sp³-hybridized carbons (Fsp3) is 0.375. The van der Waals surface area contributed by atoms with Crippen LogP contribution in [0.3, 0.4) is 0 Å². The molecule has 0 bridgehead atoms. The summed E-state index contributed by atoms with van der Waals surface area (Å²) < 4.78 is 11.2. The molecule has 3 nitrogen and oxygen atoms in total. The van der Waals surface area contributed by atoms with Crippen molar-refractivity contribution in [1.29, 1.82) is 0 Å². The highest BCUT2D eigenvalue weighted by molar-refractivity contribution is 6.30. The van der Waals surface area contributed by atoms with Gasteiger partial charge in [0.2, 0.25) is 0 Å². The van der Waals surface area contributed by atoms with Crippen LogP contribution in [0, 0.1) is 5.92 Å². The van der Waals surface area contributed by atoms with Crippen LogP contribution in [0.2, 0.25) is 5.02 Å². The summed E-state index contributed by atoms with van der Waals surface area (Å²) in [5, 5.41) is 4.04. The summed E-state index contributed by atoms with van der Waals surface area (Å²) in [5.74, 6) is 2.31. The second-order valence-electron chi connectivity index (χ2n) is 5.14. The zero-order chi connectivity index (χ0) is 14.4. The molecular weight excluding hydrogens is 274 g/mol. The second kappa shape index (κ2) is 7.36. The van der Waals surface area contributed by atoms with Crippen LogP contribution in [0.1, 0.15) is 25.2 Å². The third-order valence-electron chi connectivity index (χ3n) is 2.87. The zero-order valence-electron chi connectivity index (χ0n) is 11.9. The van der Waals surface area contributed by atoms with Gasteiger partial charge in [0, 0.05) is 10.6 Å². The van der Waals surface area contributed by atoms with Gasteiger partial charge in [0.15, 0.2) is 0 Å². The Balaban J connectivity index is 1.88. The van der Waals surface area contributed by atoms with Gasteiger partial charge in [-0.15, -0.1) is 0 Å². The van der Waals surface area contributed by atoms with E-state index in [0.29, 0.717) is 17.5 Å². The van der Waals surface area contributed by atoms with Gasteiger partial charge in [-0.25, -0.2) is 0 Å². The third-order valence-corrected chi connectivity index (χ3v) is 3.10. The molecule has 108 valence electrons. The SMILES string of the molecule is CC(C)CNCc1occc1COc1cccc(Cl)c1. The van der Waals surface area contributed by atoms with Crippen molar-refractivity contribution in [3.05, 3.63) is 52.9 Å². The molecule has 0 radical (unpaired) electrons. The van der Waals surface area contributed by atoms with Crippen LogP contribution < -0.4 is 10.1 Å². The highest BCUT2D eigenvalue weighted by atomic mass is 35.5. The first-order valence-corrected chi connectivity index (χ1v) is 7.17. The first-order chi connectivity index (χ1) is 9.65. The summed E-state index contributed by atoms with van der Waals surface area (Å²) in [6.45, 7) is 6.53. The minimum Gasteiger partial charge on any atom is -0.489 e. The van der Waals surface area contributed by atoms with E-state index < -0.39 is 0 Å². The maximum atomic E-state index is 5.93. The predicted molar refractivity (Wildman–Crippen MR) is 81.0 cm³/mol. The molecule has 0 aliphatic rings. The van der Waals surface area contributed by atoms with Crippen molar-refractivity contribution in [2.45, 2.75) is 27.0 Å². The highest BCUT2D eigenvalue weighted by Gasteiger charge is 2.07. The maximum absolute atomic E-state index is 5.93. The van der Waals surface area contributed by atoms with E-state index in [-0.39, 0.29) is 0 Å². The Kier molecular flexibility index (Phi) is 5.50. The molecule has 1 aromatic heterocycles. The van der Waals surface area contributed by atoms with E-state index in [0.717, 1.165) is 30.2 Å². The summed E-state index contributed by atoms with van der Waals surface area (Å²) in [6, 6.07) is 9.34. The average molecular weight is 294 g/mol.